The molecule has 206 valence electrons. The molecule has 0 amide bonds. The number of methoxy groups -OCH3 is 6. The third-order valence-corrected chi connectivity index (χ3v) is 6.26. The fourth-order valence-corrected chi connectivity index (χ4v) is 4.75. The molecular formula is C28H34O10. The van der Waals surface area contributed by atoms with Crippen LogP contribution in [-0.2, 0) is 25.5 Å². The molecule has 0 saturated carbocycles. The zero-order chi connectivity index (χ0) is 28.0. The van der Waals surface area contributed by atoms with Crippen molar-refractivity contribution in [3.05, 3.63) is 46.0 Å². The largest absolute Gasteiger partial charge is 0.493 e. The third kappa shape index (κ3) is 5.03. The van der Waals surface area contributed by atoms with Gasteiger partial charge in [0.15, 0.2) is 23.0 Å². The zero-order valence-corrected chi connectivity index (χ0v) is 23.0. The van der Waals surface area contributed by atoms with Gasteiger partial charge < -0.3 is 37.9 Å². The van der Waals surface area contributed by atoms with Crippen molar-refractivity contribution in [2.24, 2.45) is 0 Å². The second-order valence-corrected chi connectivity index (χ2v) is 8.12. The predicted molar refractivity (Wildman–Crippen MR) is 138 cm³/mol. The number of esters is 2. The highest BCUT2D eigenvalue weighted by molar-refractivity contribution is 6.03. The molecule has 0 radical (unpaired) electrons. The minimum atomic E-state index is -0.847. The number of carbonyl (C=O) groups excluding carboxylic acids is 2. The Morgan fingerprint density at radius 1 is 0.684 bits per heavy atom. The highest BCUT2D eigenvalue weighted by atomic mass is 16.5. The first-order chi connectivity index (χ1) is 18.3. The lowest BCUT2D eigenvalue weighted by Gasteiger charge is -2.32. The highest BCUT2D eigenvalue weighted by Gasteiger charge is 2.41. The van der Waals surface area contributed by atoms with Crippen molar-refractivity contribution in [1.82, 2.24) is 0 Å². The van der Waals surface area contributed by atoms with Gasteiger partial charge in [-0.25, -0.2) is 9.59 Å². The molecule has 2 aromatic rings. The van der Waals surface area contributed by atoms with Crippen LogP contribution in [0.2, 0.25) is 0 Å². The number of fused-ring (bicyclic) bond motifs is 1. The molecule has 0 fully saturated rings. The molecule has 0 aromatic heterocycles. The normalized spacial score (nSPS) is 14.3. The topological polar surface area (TPSA) is 108 Å². The Morgan fingerprint density at radius 2 is 1.18 bits per heavy atom. The Kier molecular flexibility index (Phi) is 9.33. The number of benzene rings is 2. The van der Waals surface area contributed by atoms with Gasteiger partial charge in [-0.05, 0) is 43.2 Å². The second kappa shape index (κ2) is 12.4. The third-order valence-electron chi connectivity index (χ3n) is 6.26. The van der Waals surface area contributed by atoms with Gasteiger partial charge in [-0.1, -0.05) is 0 Å². The number of carbonyl (C=O) groups is 2. The van der Waals surface area contributed by atoms with Gasteiger partial charge in [0.05, 0.1) is 67.0 Å². The van der Waals surface area contributed by atoms with Crippen molar-refractivity contribution in [1.29, 1.82) is 0 Å². The maximum Gasteiger partial charge on any atom is 0.335 e. The Balaban J connectivity index is 2.52. The highest BCUT2D eigenvalue weighted by Crippen LogP contribution is 2.53. The first-order valence-corrected chi connectivity index (χ1v) is 12.0. The molecule has 0 saturated heterocycles. The van der Waals surface area contributed by atoms with E-state index in [0.29, 0.717) is 51.2 Å². The summed E-state index contributed by atoms with van der Waals surface area (Å²) in [5, 5.41) is 0. The van der Waals surface area contributed by atoms with E-state index in [1.165, 1.54) is 42.7 Å². The van der Waals surface area contributed by atoms with E-state index in [2.05, 4.69) is 0 Å². The van der Waals surface area contributed by atoms with Crippen molar-refractivity contribution in [3.63, 3.8) is 0 Å². The number of hydrogen-bond acceptors (Lipinski definition) is 10. The van der Waals surface area contributed by atoms with Gasteiger partial charge in [0, 0.05) is 17.9 Å². The summed E-state index contributed by atoms with van der Waals surface area (Å²) in [6, 6.07) is 5.21. The molecule has 2 aromatic carbocycles. The van der Waals surface area contributed by atoms with E-state index in [1.54, 1.807) is 32.0 Å². The van der Waals surface area contributed by atoms with Crippen LogP contribution < -0.4 is 28.4 Å². The molecule has 3 rings (SSSR count). The van der Waals surface area contributed by atoms with Crippen LogP contribution in [0.5, 0.6) is 34.5 Å². The summed E-state index contributed by atoms with van der Waals surface area (Å²) in [6.45, 7) is 3.64. The SMILES string of the molecule is CCOC(=O)C1=C(C(=O)OCC)C(c2cc(OC)c(OC)c(OC)c2)c2c(cc(OC)c(OC)c2OC)C1. The van der Waals surface area contributed by atoms with E-state index >= 15 is 0 Å². The summed E-state index contributed by atoms with van der Waals surface area (Å²) in [4.78, 5) is 26.8. The lowest BCUT2D eigenvalue weighted by molar-refractivity contribution is -0.142. The molecule has 1 unspecified atom stereocenters. The number of hydrogen-bond donors (Lipinski definition) is 0. The van der Waals surface area contributed by atoms with Gasteiger partial charge in [0.1, 0.15) is 0 Å². The van der Waals surface area contributed by atoms with Crippen molar-refractivity contribution in [3.8, 4) is 34.5 Å². The van der Waals surface area contributed by atoms with E-state index in [-0.39, 0.29) is 30.8 Å². The van der Waals surface area contributed by atoms with Crippen LogP contribution in [0.25, 0.3) is 0 Å². The Bertz CT molecular complexity index is 1210. The summed E-state index contributed by atoms with van der Waals surface area (Å²) in [7, 11) is 9.00. The van der Waals surface area contributed by atoms with Crippen molar-refractivity contribution in [2.75, 3.05) is 55.9 Å². The molecule has 38 heavy (non-hydrogen) atoms. The van der Waals surface area contributed by atoms with Gasteiger partial charge in [-0.2, -0.15) is 0 Å². The first kappa shape index (κ1) is 28.5. The minimum Gasteiger partial charge on any atom is -0.493 e. The van der Waals surface area contributed by atoms with E-state index in [4.69, 9.17) is 37.9 Å². The first-order valence-electron chi connectivity index (χ1n) is 12.0. The Labute approximate surface area is 222 Å². The molecule has 0 N–H and O–H groups in total. The molecule has 10 nitrogen and oxygen atoms in total. The molecule has 1 aliphatic rings. The quantitative estimate of drug-likeness (QED) is 0.398. The van der Waals surface area contributed by atoms with E-state index in [9.17, 15) is 9.59 Å². The lowest BCUT2D eigenvalue weighted by Crippen LogP contribution is -2.28. The molecule has 0 heterocycles. The minimum absolute atomic E-state index is 0.0833. The standard InChI is InChI=1S/C28H34O10/c1-9-37-27(29)17-11-15-12-20(33-5)25(35-7)26(36-8)22(15)21(23(17)28(30)38-10-2)16-13-18(31-3)24(34-6)19(14-16)32-4/h12-14,21H,9-11H2,1-8H3. The fraction of sp³-hybridized carbons (Fsp3) is 0.429. The van der Waals surface area contributed by atoms with Crippen molar-refractivity contribution in [2.45, 2.75) is 26.2 Å². The monoisotopic (exact) mass is 530 g/mol. The summed E-state index contributed by atoms with van der Waals surface area (Å²) in [5.74, 6) is 0.101. The second-order valence-electron chi connectivity index (χ2n) is 8.12. The zero-order valence-electron chi connectivity index (χ0n) is 23.0. The van der Waals surface area contributed by atoms with Gasteiger partial charge in [-0.15, -0.1) is 0 Å². The Hall–Kier alpha value is -4.08. The predicted octanol–water partition coefficient (Wildman–Crippen LogP) is 3.85. The average molecular weight is 531 g/mol. The van der Waals surface area contributed by atoms with Crippen molar-refractivity contribution >= 4 is 11.9 Å². The van der Waals surface area contributed by atoms with Crippen LogP contribution in [0.15, 0.2) is 29.3 Å². The van der Waals surface area contributed by atoms with Crippen molar-refractivity contribution < 1.29 is 47.5 Å². The van der Waals surface area contributed by atoms with Gasteiger partial charge in [0.25, 0.3) is 0 Å². The molecule has 1 aliphatic carbocycles. The number of rotatable bonds is 11. The maximum atomic E-state index is 13.5. The molecule has 0 aliphatic heterocycles. The van der Waals surface area contributed by atoms with E-state index < -0.39 is 17.9 Å². The van der Waals surface area contributed by atoms with Crippen LogP contribution in [0.1, 0.15) is 36.5 Å². The van der Waals surface area contributed by atoms with Crippen LogP contribution >= 0.6 is 0 Å². The summed E-state index contributed by atoms with van der Waals surface area (Å²) >= 11 is 0. The molecule has 1 atom stereocenters. The summed E-state index contributed by atoms with van der Waals surface area (Å²) < 4.78 is 44.5. The smallest absolute Gasteiger partial charge is 0.335 e. The average Bonchev–Trinajstić information content (AvgIpc) is 2.94. The molecule has 0 spiro atoms. The van der Waals surface area contributed by atoms with Crippen LogP contribution in [0.4, 0.5) is 0 Å². The van der Waals surface area contributed by atoms with E-state index in [1.807, 2.05) is 0 Å². The van der Waals surface area contributed by atoms with Crippen LogP contribution in [0.3, 0.4) is 0 Å². The van der Waals surface area contributed by atoms with Crippen LogP contribution in [0, 0.1) is 0 Å². The van der Waals surface area contributed by atoms with Crippen LogP contribution in [-0.4, -0.2) is 67.8 Å². The molecule has 10 heteroatoms. The Morgan fingerprint density at radius 3 is 1.66 bits per heavy atom. The molecule has 0 bridgehead atoms. The summed E-state index contributed by atoms with van der Waals surface area (Å²) in [6.07, 6.45) is 0.0833. The van der Waals surface area contributed by atoms with Gasteiger partial charge in [0.2, 0.25) is 11.5 Å². The lowest BCUT2D eigenvalue weighted by atomic mass is 9.73. The molecular weight excluding hydrogens is 496 g/mol. The number of ether oxygens (including phenoxy) is 8. The van der Waals surface area contributed by atoms with E-state index in [0.717, 1.165) is 0 Å². The van der Waals surface area contributed by atoms with Gasteiger partial charge in [-0.3, -0.25) is 0 Å². The fourth-order valence-electron chi connectivity index (χ4n) is 4.75. The summed E-state index contributed by atoms with van der Waals surface area (Å²) in [5.41, 5.74) is 2.16. The van der Waals surface area contributed by atoms with Gasteiger partial charge >= 0.3 is 11.9 Å². The maximum absolute atomic E-state index is 13.5.